The van der Waals surface area contributed by atoms with Crippen molar-refractivity contribution in [3.05, 3.63) is 18.3 Å². The lowest BCUT2D eigenvalue weighted by Gasteiger charge is -2.23. The van der Waals surface area contributed by atoms with Gasteiger partial charge in [-0.25, -0.2) is 4.98 Å². The Hall–Kier alpha value is -0.740. The van der Waals surface area contributed by atoms with Gasteiger partial charge in [0.15, 0.2) is 0 Å². The molecule has 18 heavy (non-hydrogen) atoms. The molecule has 0 radical (unpaired) electrons. The number of ether oxygens (including phenoxy) is 1. The number of nitrogens with two attached hydrogens (primary N) is 1. The van der Waals surface area contributed by atoms with Gasteiger partial charge in [-0.3, -0.25) is 0 Å². The molecule has 2 aliphatic rings. The molecule has 1 saturated heterocycles. The normalized spacial score (nSPS) is 25.9. The molecule has 1 aliphatic carbocycles. The molecule has 1 saturated carbocycles. The van der Waals surface area contributed by atoms with E-state index in [1.807, 2.05) is 12.1 Å². The van der Waals surface area contributed by atoms with Crippen LogP contribution in [-0.2, 0) is 4.74 Å². The Morgan fingerprint density at radius 2 is 2.22 bits per heavy atom. The molecule has 0 bridgehead atoms. The molecule has 1 atom stereocenters. The smallest absolute Gasteiger partial charge is 0.119 e. The SMILES string of the molecule is Nc1cccnc1SCC1CCC2(CCCC2)O1. The lowest BCUT2D eigenvalue weighted by atomic mass is 9.98. The third-order valence-corrected chi connectivity index (χ3v) is 5.21. The summed E-state index contributed by atoms with van der Waals surface area (Å²) in [5.41, 5.74) is 6.91. The fourth-order valence-corrected chi connectivity index (χ4v) is 4.04. The summed E-state index contributed by atoms with van der Waals surface area (Å²) in [6, 6.07) is 3.78. The summed E-state index contributed by atoms with van der Waals surface area (Å²) in [4.78, 5) is 4.31. The summed E-state index contributed by atoms with van der Waals surface area (Å²) in [5, 5.41) is 0.938. The van der Waals surface area contributed by atoms with Crippen molar-refractivity contribution in [1.82, 2.24) is 4.98 Å². The van der Waals surface area contributed by atoms with Crippen molar-refractivity contribution in [1.29, 1.82) is 0 Å². The van der Waals surface area contributed by atoms with Crippen molar-refractivity contribution in [2.45, 2.75) is 55.3 Å². The van der Waals surface area contributed by atoms with Crippen LogP contribution >= 0.6 is 11.8 Å². The van der Waals surface area contributed by atoms with E-state index in [1.165, 1.54) is 38.5 Å². The Morgan fingerprint density at radius 1 is 1.39 bits per heavy atom. The van der Waals surface area contributed by atoms with Crippen LogP contribution < -0.4 is 5.73 Å². The molecule has 1 aromatic rings. The first-order valence-electron chi connectivity index (χ1n) is 6.79. The summed E-state index contributed by atoms with van der Waals surface area (Å²) >= 11 is 1.73. The largest absolute Gasteiger partial charge is 0.397 e. The molecule has 1 unspecified atom stereocenters. The summed E-state index contributed by atoms with van der Waals surface area (Å²) < 4.78 is 6.28. The number of rotatable bonds is 3. The maximum Gasteiger partial charge on any atom is 0.119 e. The van der Waals surface area contributed by atoms with Crippen molar-refractivity contribution in [2.24, 2.45) is 0 Å². The fraction of sp³-hybridized carbons (Fsp3) is 0.643. The van der Waals surface area contributed by atoms with Crippen molar-refractivity contribution in [2.75, 3.05) is 11.5 Å². The zero-order valence-corrected chi connectivity index (χ0v) is 11.4. The van der Waals surface area contributed by atoms with Gasteiger partial charge in [0.25, 0.3) is 0 Å². The number of aromatic nitrogens is 1. The predicted octanol–water partition coefficient (Wildman–Crippen LogP) is 3.25. The van der Waals surface area contributed by atoms with Crippen molar-refractivity contribution in [3.63, 3.8) is 0 Å². The van der Waals surface area contributed by atoms with Gasteiger partial charge in [0.05, 0.1) is 17.4 Å². The number of nitrogen functional groups attached to an aromatic ring is 1. The average molecular weight is 264 g/mol. The standard InChI is InChI=1S/C14H20N2OS/c15-12-4-3-9-16-13(12)18-10-11-5-8-14(17-11)6-1-2-7-14/h3-4,9,11H,1-2,5-8,10,15H2. The van der Waals surface area contributed by atoms with Gasteiger partial charge in [-0.2, -0.15) is 0 Å². The molecule has 0 aromatic carbocycles. The highest BCUT2D eigenvalue weighted by molar-refractivity contribution is 7.99. The first kappa shape index (κ1) is 12.3. The highest BCUT2D eigenvalue weighted by Crippen LogP contribution is 2.44. The molecule has 1 aromatic heterocycles. The minimum Gasteiger partial charge on any atom is -0.397 e. The Bertz CT molecular complexity index is 418. The van der Waals surface area contributed by atoms with Crippen LogP contribution in [0.15, 0.2) is 23.4 Å². The Kier molecular flexibility index (Phi) is 3.48. The van der Waals surface area contributed by atoms with Crippen LogP contribution in [0, 0.1) is 0 Å². The quantitative estimate of drug-likeness (QED) is 0.851. The lowest BCUT2D eigenvalue weighted by Crippen LogP contribution is -2.25. The summed E-state index contributed by atoms with van der Waals surface area (Å²) in [6.07, 6.45) is 9.83. The van der Waals surface area contributed by atoms with Crippen molar-refractivity contribution >= 4 is 17.4 Å². The predicted molar refractivity (Wildman–Crippen MR) is 74.7 cm³/mol. The van der Waals surface area contributed by atoms with Crippen LogP contribution in [0.2, 0.25) is 0 Å². The van der Waals surface area contributed by atoms with Gasteiger partial charge in [0.2, 0.25) is 0 Å². The van der Waals surface area contributed by atoms with E-state index in [9.17, 15) is 0 Å². The maximum absolute atomic E-state index is 6.28. The van der Waals surface area contributed by atoms with Crippen LogP contribution in [0.1, 0.15) is 38.5 Å². The van der Waals surface area contributed by atoms with Crippen LogP contribution in [-0.4, -0.2) is 22.4 Å². The first-order valence-corrected chi connectivity index (χ1v) is 7.77. The van der Waals surface area contributed by atoms with Crippen molar-refractivity contribution < 1.29 is 4.74 Å². The van der Waals surface area contributed by atoms with E-state index in [0.29, 0.717) is 6.10 Å². The zero-order valence-electron chi connectivity index (χ0n) is 10.6. The molecule has 4 heteroatoms. The Balaban J connectivity index is 1.54. The van der Waals surface area contributed by atoms with Crippen molar-refractivity contribution in [3.8, 4) is 0 Å². The van der Waals surface area contributed by atoms with Gasteiger partial charge < -0.3 is 10.5 Å². The molecule has 3 nitrogen and oxygen atoms in total. The van der Waals surface area contributed by atoms with E-state index in [-0.39, 0.29) is 5.60 Å². The van der Waals surface area contributed by atoms with E-state index in [2.05, 4.69) is 4.98 Å². The third-order valence-electron chi connectivity index (χ3n) is 4.06. The van der Waals surface area contributed by atoms with E-state index < -0.39 is 0 Å². The second-order valence-electron chi connectivity index (χ2n) is 5.38. The van der Waals surface area contributed by atoms with Gasteiger partial charge in [-0.15, -0.1) is 11.8 Å². The second kappa shape index (κ2) is 5.10. The fourth-order valence-electron chi connectivity index (χ4n) is 3.10. The van der Waals surface area contributed by atoms with E-state index in [1.54, 1.807) is 18.0 Å². The number of hydrogen-bond donors (Lipinski definition) is 1. The molecule has 1 aliphatic heterocycles. The van der Waals surface area contributed by atoms with Crippen LogP contribution in [0.3, 0.4) is 0 Å². The average Bonchev–Trinajstić information content (AvgIpc) is 3.00. The van der Waals surface area contributed by atoms with E-state index in [0.717, 1.165) is 16.5 Å². The topological polar surface area (TPSA) is 48.1 Å². The molecule has 3 rings (SSSR count). The summed E-state index contributed by atoms with van der Waals surface area (Å²) in [5.74, 6) is 0.975. The van der Waals surface area contributed by atoms with Gasteiger partial charge in [0, 0.05) is 11.9 Å². The zero-order chi connectivity index (χ0) is 12.4. The first-order chi connectivity index (χ1) is 8.77. The second-order valence-corrected chi connectivity index (χ2v) is 6.39. The Morgan fingerprint density at radius 3 is 3.00 bits per heavy atom. The van der Waals surface area contributed by atoms with Crippen LogP contribution in [0.4, 0.5) is 5.69 Å². The molecular weight excluding hydrogens is 244 g/mol. The highest BCUT2D eigenvalue weighted by atomic mass is 32.2. The molecule has 98 valence electrons. The molecule has 1 spiro atoms. The number of anilines is 1. The van der Waals surface area contributed by atoms with Gasteiger partial charge >= 0.3 is 0 Å². The van der Waals surface area contributed by atoms with E-state index >= 15 is 0 Å². The Labute approximate surface area is 113 Å². The van der Waals surface area contributed by atoms with E-state index in [4.69, 9.17) is 10.5 Å². The summed E-state index contributed by atoms with van der Waals surface area (Å²) in [7, 11) is 0. The van der Waals surface area contributed by atoms with Crippen LogP contribution in [0.5, 0.6) is 0 Å². The number of pyridine rings is 1. The molecule has 2 heterocycles. The monoisotopic (exact) mass is 264 g/mol. The molecule has 0 amide bonds. The minimum absolute atomic E-state index is 0.237. The summed E-state index contributed by atoms with van der Waals surface area (Å²) in [6.45, 7) is 0. The minimum atomic E-state index is 0.237. The lowest BCUT2D eigenvalue weighted by molar-refractivity contribution is -0.0267. The molecule has 2 fully saturated rings. The maximum atomic E-state index is 6.28. The highest BCUT2D eigenvalue weighted by Gasteiger charge is 2.41. The van der Waals surface area contributed by atoms with Gasteiger partial charge in [-0.1, -0.05) is 12.8 Å². The number of hydrogen-bond acceptors (Lipinski definition) is 4. The number of nitrogens with zero attached hydrogens (tertiary/aromatic N) is 1. The molecular formula is C14H20N2OS. The number of thioether (sulfide) groups is 1. The molecule has 2 N–H and O–H groups in total. The van der Waals surface area contributed by atoms with Gasteiger partial charge in [-0.05, 0) is 37.8 Å². The van der Waals surface area contributed by atoms with Gasteiger partial charge in [0.1, 0.15) is 5.03 Å². The third kappa shape index (κ3) is 2.50. The van der Waals surface area contributed by atoms with Crippen LogP contribution in [0.25, 0.3) is 0 Å².